The van der Waals surface area contributed by atoms with Crippen molar-refractivity contribution in [2.24, 2.45) is 13.0 Å². The Balaban J connectivity index is 1.44. The van der Waals surface area contributed by atoms with E-state index in [1.807, 2.05) is 35.1 Å². The third-order valence-corrected chi connectivity index (χ3v) is 8.45. The molecule has 2 aromatic carbocycles. The molecule has 0 unspecified atom stereocenters. The van der Waals surface area contributed by atoms with Crippen LogP contribution >= 0.6 is 0 Å². The van der Waals surface area contributed by atoms with Gasteiger partial charge in [-0.05, 0) is 80.9 Å². The molecule has 1 saturated heterocycles. The van der Waals surface area contributed by atoms with Crippen molar-refractivity contribution in [2.75, 3.05) is 31.6 Å². The Labute approximate surface area is 232 Å². The van der Waals surface area contributed by atoms with Crippen molar-refractivity contribution in [3.05, 3.63) is 69.8 Å². The van der Waals surface area contributed by atoms with Crippen LogP contribution < -0.4 is 20.5 Å². The van der Waals surface area contributed by atoms with Crippen molar-refractivity contribution in [3.8, 4) is 16.9 Å². The van der Waals surface area contributed by atoms with E-state index in [-0.39, 0.29) is 11.1 Å². The fraction of sp³-hybridized carbons (Fsp3) is 0.419. The number of rotatable bonds is 6. The molecule has 0 atom stereocenters. The third kappa shape index (κ3) is 4.76. The standard InChI is InChI=1S/C31H35F2N5O2/c1-19-11-26-28(36(2)31(19)39)13-23(40-3)14-29(26)38-10-4-5-21-12-24(25(30(32)33)15-27(21)38)22-16-35-37(18-22)17-20-6-8-34-9-7-20/h11-16,18,20,30,34H,4-10,17H2,1-3H3. The zero-order valence-corrected chi connectivity index (χ0v) is 23.2. The number of hydrogen-bond donors (Lipinski definition) is 1. The average Bonchev–Trinajstić information content (AvgIpc) is 3.43. The normalized spacial score (nSPS) is 16.1. The zero-order valence-electron chi connectivity index (χ0n) is 23.2. The summed E-state index contributed by atoms with van der Waals surface area (Å²) in [6, 6.07) is 9.25. The number of aryl methyl sites for hydroxylation is 3. The molecule has 9 heteroatoms. The van der Waals surface area contributed by atoms with E-state index in [0.717, 1.165) is 78.7 Å². The maximum Gasteiger partial charge on any atom is 0.264 e. The van der Waals surface area contributed by atoms with Crippen LogP contribution in [0.2, 0.25) is 0 Å². The first-order valence-corrected chi connectivity index (χ1v) is 14.0. The van der Waals surface area contributed by atoms with Gasteiger partial charge in [-0.25, -0.2) is 8.78 Å². The minimum atomic E-state index is -2.64. The lowest BCUT2D eigenvalue weighted by Gasteiger charge is -2.34. The van der Waals surface area contributed by atoms with E-state index < -0.39 is 6.43 Å². The van der Waals surface area contributed by atoms with Crippen LogP contribution in [0.1, 0.15) is 42.4 Å². The van der Waals surface area contributed by atoms with Crippen molar-refractivity contribution in [1.29, 1.82) is 0 Å². The molecule has 0 bridgehead atoms. The Morgan fingerprint density at radius 3 is 2.67 bits per heavy atom. The monoisotopic (exact) mass is 547 g/mol. The summed E-state index contributed by atoms with van der Waals surface area (Å²) in [5.74, 6) is 1.15. The van der Waals surface area contributed by atoms with Gasteiger partial charge in [-0.1, -0.05) is 0 Å². The van der Waals surface area contributed by atoms with Gasteiger partial charge < -0.3 is 19.5 Å². The molecule has 7 nitrogen and oxygen atoms in total. The number of benzene rings is 2. The fourth-order valence-electron chi connectivity index (χ4n) is 6.28. The number of hydrogen-bond acceptors (Lipinski definition) is 5. The Kier molecular flexibility index (Phi) is 7.08. The van der Waals surface area contributed by atoms with Crippen molar-refractivity contribution < 1.29 is 13.5 Å². The summed E-state index contributed by atoms with van der Waals surface area (Å²) < 4.78 is 38.3. The van der Waals surface area contributed by atoms with E-state index >= 15 is 0 Å². The number of anilines is 2. The molecule has 0 radical (unpaired) electrons. The minimum absolute atomic E-state index is 0.00264. The van der Waals surface area contributed by atoms with Crippen LogP contribution in [0.3, 0.4) is 0 Å². The molecule has 4 aromatic rings. The molecule has 1 N–H and O–H groups in total. The molecule has 0 amide bonds. The lowest BCUT2D eigenvalue weighted by Crippen LogP contribution is -2.29. The maximum absolute atomic E-state index is 14.6. The first-order chi connectivity index (χ1) is 19.3. The molecule has 0 aliphatic carbocycles. The van der Waals surface area contributed by atoms with Crippen molar-refractivity contribution >= 4 is 22.3 Å². The second-order valence-corrected chi connectivity index (χ2v) is 11.0. The van der Waals surface area contributed by atoms with Gasteiger partial charge in [0.2, 0.25) is 0 Å². The third-order valence-electron chi connectivity index (χ3n) is 8.45. The SMILES string of the molecule is COc1cc(N2CCCc3cc(-c4cnn(CC5CCNCC5)c4)c(C(F)F)cc32)c2cc(C)c(=O)n(C)c2c1. The van der Waals surface area contributed by atoms with Gasteiger partial charge in [0.05, 0.1) is 24.5 Å². The highest BCUT2D eigenvalue weighted by molar-refractivity contribution is 5.96. The second kappa shape index (κ2) is 10.7. The molecule has 210 valence electrons. The molecule has 40 heavy (non-hydrogen) atoms. The quantitative estimate of drug-likeness (QED) is 0.334. The van der Waals surface area contributed by atoms with Crippen LogP contribution in [-0.4, -0.2) is 41.1 Å². The van der Waals surface area contributed by atoms with Gasteiger partial charge in [0.1, 0.15) is 5.75 Å². The highest BCUT2D eigenvalue weighted by atomic mass is 19.3. The topological polar surface area (TPSA) is 64.3 Å². The summed E-state index contributed by atoms with van der Waals surface area (Å²) in [7, 11) is 3.34. The Morgan fingerprint density at radius 1 is 1.12 bits per heavy atom. The summed E-state index contributed by atoms with van der Waals surface area (Å²) in [4.78, 5) is 14.8. The van der Waals surface area contributed by atoms with Gasteiger partial charge in [0.15, 0.2) is 0 Å². The number of methoxy groups -OCH3 is 1. The summed E-state index contributed by atoms with van der Waals surface area (Å²) >= 11 is 0. The molecule has 0 saturated carbocycles. The number of aromatic nitrogens is 3. The van der Waals surface area contributed by atoms with Gasteiger partial charge >= 0.3 is 0 Å². The van der Waals surface area contributed by atoms with Gasteiger partial charge in [-0.2, -0.15) is 5.10 Å². The van der Waals surface area contributed by atoms with Gasteiger partial charge in [-0.3, -0.25) is 9.48 Å². The first-order valence-electron chi connectivity index (χ1n) is 14.0. The molecule has 2 aliphatic rings. The molecule has 0 spiro atoms. The molecule has 2 aromatic heterocycles. The highest BCUT2D eigenvalue weighted by Gasteiger charge is 2.27. The zero-order chi connectivity index (χ0) is 28.0. The molecule has 2 aliphatic heterocycles. The predicted molar refractivity (Wildman–Crippen MR) is 154 cm³/mol. The first kappa shape index (κ1) is 26.5. The Bertz CT molecular complexity index is 1620. The van der Waals surface area contributed by atoms with Gasteiger partial charge in [0.25, 0.3) is 12.0 Å². The smallest absolute Gasteiger partial charge is 0.264 e. The van der Waals surface area contributed by atoms with Crippen LogP contribution in [0.4, 0.5) is 20.2 Å². The second-order valence-electron chi connectivity index (χ2n) is 11.0. The number of nitrogens with one attached hydrogen (secondary N) is 1. The van der Waals surface area contributed by atoms with E-state index in [4.69, 9.17) is 4.74 Å². The van der Waals surface area contributed by atoms with Gasteiger partial charge in [-0.15, -0.1) is 0 Å². The largest absolute Gasteiger partial charge is 0.497 e. The molecular weight excluding hydrogens is 512 g/mol. The van der Waals surface area contributed by atoms with Crippen LogP contribution in [-0.2, 0) is 20.0 Å². The Morgan fingerprint density at radius 2 is 1.93 bits per heavy atom. The van der Waals surface area contributed by atoms with Crippen LogP contribution in [0, 0.1) is 12.8 Å². The van der Waals surface area contributed by atoms with Crippen LogP contribution in [0.15, 0.2) is 47.5 Å². The van der Waals surface area contributed by atoms with Crippen molar-refractivity contribution in [3.63, 3.8) is 0 Å². The summed E-state index contributed by atoms with van der Waals surface area (Å²) in [6.45, 7) is 5.29. The Hall–Kier alpha value is -3.72. The molecule has 1 fully saturated rings. The minimum Gasteiger partial charge on any atom is -0.497 e. The van der Waals surface area contributed by atoms with E-state index in [9.17, 15) is 13.6 Å². The van der Waals surface area contributed by atoms with Crippen molar-refractivity contribution in [1.82, 2.24) is 19.7 Å². The molecule has 4 heterocycles. The number of piperidine rings is 1. The predicted octanol–water partition coefficient (Wildman–Crippen LogP) is 5.74. The number of pyridine rings is 1. The summed E-state index contributed by atoms with van der Waals surface area (Å²) in [5.41, 5.74) is 5.20. The van der Waals surface area contributed by atoms with Crippen molar-refractivity contribution in [2.45, 2.75) is 45.6 Å². The van der Waals surface area contributed by atoms with Gasteiger partial charge in [0, 0.05) is 66.2 Å². The van der Waals surface area contributed by atoms with Crippen LogP contribution in [0.25, 0.3) is 22.0 Å². The lowest BCUT2D eigenvalue weighted by atomic mass is 9.92. The number of nitrogens with zero attached hydrogens (tertiary/aromatic N) is 4. The van der Waals surface area contributed by atoms with E-state index in [1.165, 1.54) is 0 Å². The number of halogens is 2. The molecule has 6 rings (SSSR count). The summed E-state index contributed by atoms with van der Waals surface area (Å²) in [6.07, 6.45) is 4.85. The fourth-order valence-corrected chi connectivity index (χ4v) is 6.28. The average molecular weight is 548 g/mol. The van der Waals surface area contributed by atoms with E-state index in [1.54, 1.807) is 37.9 Å². The van der Waals surface area contributed by atoms with E-state index in [2.05, 4.69) is 15.3 Å². The maximum atomic E-state index is 14.6. The molecular formula is C31H35F2N5O2. The number of fused-ring (bicyclic) bond motifs is 2. The lowest BCUT2D eigenvalue weighted by molar-refractivity contribution is 0.152. The highest BCUT2D eigenvalue weighted by Crippen LogP contribution is 2.44. The number of ether oxygens (including phenoxy) is 1. The van der Waals surface area contributed by atoms with Crippen LogP contribution in [0.5, 0.6) is 5.75 Å². The van der Waals surface area contributed by atoms with E-state index in [0.29, 0.717) is 29.3 Å². The summed E-state index contributed by atoms with van der Waals surface area (Å²) in [5, 5.41) is 8.80. The number of alkyl halides is 2.